The number of benzene rings is 1. The average Bonchev–Trinajstić information content (AvgIpc) is 3.11. The van der Waals surface area contributed by atoms with Gasteiger partial charge in [-0.05, 0) is 30.7 Å². The van der Waals surface area contributed by atoms with E-state index in [1.807, 2.05) is 24.3 Å². The minimum Gasteiger partial charge on any atom is -0.477 e. The molecule has 29 heavy (non-hydrogen) atoms. The number of nitrogens with one attached hydrogen (secondary N) is 1. The van der Waals surface area contributed by atoms with Gasteiger partial charge in [-0.2, -0.15) is 0 Å². The second kappa shape index (κ2) is 5.90. The summed E-state index contributed by atoms with van der Waals surface area (Å²) in [6, 6.07) is 10.6. The molecule has 0 radical (unpaired) electrons. The molecule has 140 valence electrons. The molecular formula is C21H12N4O4. The zero-order chi connectivity index (χ0) is 20.3. The second-order valence-corrected chi connectivity index (χ2v) is 6.68. The Labute approximate surface area is 162 Å². The number of pyridine rings is 2. The number of aryl methyl sites for hydroxylation is 1. The first-order valence-corrected chi connectivity index (χ1v) is 8.74. The first-order chi connectivity index (χ1) is 14.0. The Balaban J connectivity index is 1.88. The molecule has 4 heterocycles. The van der Waals surface area contributed by atoms with E-state index in [1.165, 1.54) is 6.07 Å². The zero-order valence-corrected chi connectivity index (χ0v) is 15.1. The summed E-state index contributed by atoms with van der Waals surface area (Å²) in [6.07, 6.45) is 0.967. The largest absolute Gasteiger partial charge is 0.477 e. The lowest BCUT2D eigenvalue weighted by Gasteiger charge is -2.11. The number of hydrogen-bond donors (Lipinski definition) is 2. The summed E-state index contributed by atoms with van der Waals surface area (Å²) in [5, 5.41) is 11.2. The van der Waals surface area contributed by atoms with Crippen molar-refractivity contribution in [2.24, 2.45) is 4.99 Å². The molecule has 5 rings (SSSR count). The highest BCUT2D eigenvalue weighted by atomic mass is 16.4. The molecular weight excluding hydrogens is 372 g/mol. The molecule has 0 atom stereocenters. The Morgan fingerprint density at radius 1 is 1.03 bits per heavy atom. The number of aromatic carboxylic acids is 1. The van der Waals surface area contributed by atoms with Crippen LogP contribution in [0, 0.1) is 6.92 Å². The molecule has 1 amide bonds. The third-order valence-electron chi connectivity index (χ3n) is 5.00. The summed E-state index contributed by atoms with van der Waals surface area (Å²) in [5.41, 5.74) is 2.52. The molecule has 8 nitrogen and oxygen atoms in total. The molecule has 2 N–H and O–H groups in total. The molecule has 0 spiro atoms. The summed E-state index contributed by atoms with van der Waals surface area (Å²) >= 11 is 0. The van der Waals surface area contributed by atoms with Crippen molar-refractivity contribution in [3.8, 4) is 11.4 Å². The number of aliphatic imine (C=N–C) groups is 1. The van der Waals surface area contributed by atoms with E-state index < -0.39 is 17.7 Å². The van der Waals surface area contributed by atoms with Gasteiger partial charge in [0.1, 0.15) is 11.4 Å². The van der Waals surface area contributed by atoms with E-state index in [0.717, 1.165) is 22.5 Å². The van der Waals surface area contributed by atoms with Crippen LogP contribution in [0.1, 0.15) is 36.9 Å². The molecule has 0 saturated heterocycles. The number of nitrogens with zero attached hydrogens (tertiary/aromatic N) is 3. The number of fused-ring (bicyclic) bond motifs is 4. The van der Waals surface area contributed by atoms with E-state index in [4.69, 9.17) is 0 Å². The quantitative estimate of drug-likeness (QED) is 0.547. The number of aromatic amines is 1. The van der Waals surface area contributed by atoms with Gasteiger partial charge in [0.2, 0.25) is 5.78 Å². The molecule has 1 aromatic carbocycles. The van der Waals surface area contributed by atoms with Crippen molar-refractivity contribution in [1.29, 1.82) is 0 Å². The summed E-state index contributed by atoms with van der Waals surface area (Å²) in [5.74, 6) is -2.19. The number of ketones is 1. The van der Waals surface area contributed by atoms with Gasteiger partial charge in [0, 0.05) is 16.3 Å². The summed E-state index contributed by atoms with van der Waals surface area (Å²) in [7, 11) is 0. The maximum Gasteiger partial charge on any atom is 0.354 e. The Hall–Kier alpha value is -4.20. The Morgan fingerprint density at radius 3 is 2.62 bits per heavy atom. The van der Waals surface area contributed by atoms with Gasteiger partial charge >= 0.3 is 5.97 Å². The number of carbonyl (C=O) groups is 3. The second-order valence-electron chi connectivity index (χ2n) is 6.68. The van der Waals surface area contributed by atoms with Crippen LogP contribution in [-0.2, 0) is 0 Å². The van der Waals surface area contributed by atoms with Crippen molar-refractivity contribution in [3.63, 3.8) is 0 Å². The maximum atomic E-state index is 12.1. The van der Waals surface area contributed by atoms with Gasteiger partial charge < -0.3 is 10.1 Å². The van der Waals surface area contributed by atoms with Gasteiger partial charge in [0.05, 0.1) is 23.0 Å². The van der Waals surface area contributed by atoms with Gasteiger partial charge in [-0.3, -0.25) is 9.59 Å². The van der Waals surface area contributed by atoms with Crippen LogP contribution in [0.15, 0.2) is 41.4 Å². The lowest BCUT2D eigenvalue weighted by Crippen LogP contribution is -2.17. The molecule has 0 saturated carbocycles. The van der Waals surface area contributed by atoms with Crippen LogP contribution in [0.25, 0.3) is 33.2 Å². The summed E-state index contributed by atoms with van der Waals surface area (Å²) < 4.78 is 0. The van der Waals surface area contributed by atoms with E-state index >= 15 is 0 Å². The van der Waals surface area contributed by atoms with E-state index in [0.29, 0.717) is 11.1 Å². The fraction of sp³-hybridized carbons (Fsp3) is 0.0476. The molecule has 4 aromatic rings. The van der Waals surface area contributed by atoms with Crippen molar-refractivity contribution >= 4 is 45.7 Å². The predicted octanol–water partition coefficient (Wildman–Crippen LogP) is 3.19. The van der Waals surface area contributed by atoms with Crippen LogP contribution in [0.4, 0.5) is 0 Å². The lowest BCUT2D eigenvalue weighted by atomic mass is 10.0. The van der Waals surface area contributed by atoms with Gasteiger partial charge in [-0.15, -0.1) is 0 Å². The van der Waals surface area contributed by atoms with Gasteiger partial charge in [0.15, 0.2) is 5.69 Å². The normalized spacial score (nSPS) is 13.3. The number of aromatic nitrogens is 3. The van der Waals surface area contributed by atoms with Crippen LogP contribution in [0.5, 0.6) is 0 Å². The van der Waals surface area contributed by atoms with Crippen molar-refractivity contribution in [2.45, 2.75) is 6.92 Å². The van der Waals surface area contributed by atoms with Crippen LogP contribution >= 0.6 is 0 Å². The van der Waals surface area contributed by atoms with Gasteiger partial charge in [-0.1, -0.05) is 18.2 Å². The number of carboxylic acid groups (broad SMARTS) is 1. The standard InChI is InChI=1S/C21H12N4O4/c1-9-15-10-4-2-3-5-12(10)23-19(15)18(25-16(9)21(28)29)13-7-6-11-14(26)8-22-20(27)17(11)24-13/h2-8,23H,1H3,(H,28,29). The Bertz CT molecular complexity index is 1430. The van der Waals surface area contributed by atoms with Crippen molar-refractivity contribution in [3.05, 3.63) is 58.9 Å². The summed E-state index contributed by atoms with van der Waals surface area (Å²) in [4.78, 5) is 51.4. The fourth-order valence-electron chi connectivity index (χ4n) is 3.67. The fourth-order valence-corrected chi connectivity index (χ4v) is 3.67. The molecule has 0 fully saturated rings. The number of rotatable bonds is 2. The van der Waals surface area contributed by atoms with Crippen LogP contribution in [-0.4, -0.2) is 43.9 Å². The number of carbonyl (C=O) groups excluding carboxylic acids is 2. The highest BCUT2D eigenvalue weighted by molar-refractivity contribution is 6.41. The highest BCUT2D eigenvalue weighted by Crippen LogP contribution is 2.35. The highest BCUT2D eigenvalue weighted by Gasteiger charge is 2.25. The van der Waals surface area contributed by atoms with Crippen LogP contribution < -0.4 is 0 Å². The Kier molecular flexibility index (Phi) is 3.44. The minimum absolute atomic E-state index is 0.0708. The first-order valence-electron chi connectivity index (χ1n) is 8.74. The maximum absolute atomic E-state index is 12.1. The van der Waals surface area contributed by atoms with E-state index in [2.05, 4.69) is 19.9 Å². The van der Waals surface area contributed by atoms with E-state index in [-0.39, 0.29) is 28.3 Å². The van der Waals surface area contributed by atoms with Crippen LogP contribution in [0.2, 0.25) is 0 Å². The number of carboxylic acids is 1. The number of hydrogen-bond acceptors (Lipinski definition) is 5. The van der Waals surface area contributed by atoms with Crippen molar-refractivity contribution in [1.82, 2.24) is 15.0 Å². The molecule has 1 aliphatic rings. The van der Waals surface area contributed by atoms with Crippen molar-refractivity contribution < 1.29 is 19.5 Å². The van der Waals surface area contributed by atoms with E-state index in [9.17, 15) is 19.5 Å². The number of amides is 1. The Morgan fingerprint density at radius 2 is 1.83 bits per heavy atom. The van der Waals surface area contributed by atoms with E-state index in [1.54, 1.807) is 13.0 Å². The third kappa shape index (κ3) is 2.39. The monoisotopic (exact) mass is 384 g/mol. The minimum atomic E-state index is -1.16. The van der Waals surface area contributed by atoms with Gasteiger partial charge in [-0.25, -0.2) is 19.8 Å². The number of H-pyrrole nitrogens is 1. The van der Waals surface area contributed by atoms with Crippen LogP contribution in [0.3, 0.4) is 0 Å². The zero-order valence-electron chi connectivity index (χ0n) is 15.1. The summed E-state index contributed by atoms with van der Waals surface area (Å²) in [6.45, 7) is 1.71. The predicted molar refractivity (Wildman–Crippen MR) is 106 cm³/mol. The molecule has 0 bridgehead atoms. The molecule has 8 heteroatoms. The third-order valence-corrected chi connectivity index (χ3v) is 5.00. The molecule has 1 aliphatic heterocycles. The topological polar surface area (TPSA) is 125 Å². The average molecular weight is 384 g/mol. The van der Waals surface area contributed by atoms with Gasteiger partial charge in [0.25, 0.3) is 5.91 Å². The molecule has 0 aliphatic carbocycles. The molecule has 0 unspecified atom stereocenters. The number of para-hydroxylation sites is 1. The SMILES string of the molecule is Cc1c(C(=O)O)nc(-c2ccc3c(n2)C(=O)N=CC3=O)c2[nH]c3ccccc3c12. The first kappa shape index (κ1) is 16.9. The van der Waals surface area contributed by atoms with Crippen molar-refractivity contribution in [2.75, 3.05) is 0 Å². The smallest absolute Gasteiger partial charge is 0.354 e. The number of Topliss-reactive ketones (excluding diaryl/α,β-unsaturated/α-hetero) is 1. The lowest BCUT2D eigenvalue weighted by molar-refractivity contribution is 0.0689. The molecule has 3 aromatic heterocycles.